The molecule has 0 aliphatic rings. The summed E-state index contributed by atoms with van der Waals surface area (Å²) in [4.78, 5) is 0. The smallest absolute Gasteiger partial charge is 0.122 e. The van der Waals surface area contributed by atoms with Gasteiger partial charge in [0.25, 0.3) is 0 Å². The normalized spacial score (nSPS) is 10.4. The van der Waals surface area contributed by atoms with Gasteiger partial charge < -0.3 is 15.2 Å². The highest BCUT2D eigenvalue weighted by Crippen LogP contribution is 2.21. The highest BCUT2D eigenvalue weighted by atomic mass is 16.5. The molecule has 0 saturated heterocycles. The number of hydrogen-bond acceptors (Lipinski definition) is 3. The lowest BCUT2D eigenvalue weighted by atomic mass is 10.1. The van der Waals surface area contributed by atoms with Crippen LogP contribution in [0.3, 0.4) is 0 Å². The Bertz CT molecular complexity index is 608. The molecule has 2 N–H and O–H groups in total. The molecule has 0 atom stereocenters. The second-order valence-corrected chi connectivity index (χ2v) is 5.27. The summed E-state index contributed by atoms with van der Waals surface area (Å²) in [7, 11) is 0. The maximum absolute atomic E-state index is 5.85. The molecule has 3 heteroatoms. The predicted molar refractivity (Wildman–Crippen MR) is 87.1 cm³/mol. The average molecular weight is 285 g/mol. The zero-order valence-corrected chi connectivity index (χ0v) is 13.0. The molecule has 0 saturated carbocycles. The maximum Gasteiger partial charge on any atom is 0.122 e. The first-order valence-corrected chi connectivity index (χ1v) is 7.26. The van der Waals surface area contributed by atoms with Crippen molar-refractivity contribution in [2.45, 2.75) is 27.2 Å². The van der Waals surface area contributed by atoms with E-state index in [9.17, 15) is 0 Å². The van der Waals surface area contributed by atoms with Gasteiger partial charge in [-0.1, -0.05) is 18.2 Å². The van der Waals surface area contributed by atoms with Gasteiger partial charge in [0.2, 0.25) is 0 Å². The minimum Gasteiger partial charge on any atom is -0.493 e. The van der Waals surface area contributed by atoms with Crippen molar-refractivity contribution in [3.05, 3.63) is 53.1 Å². The maximum atomic E-state index is 5.85. The molecule has 0 aliphatic carbocycles. The molecule has 0 amide bonds. The van der Waals surface area contributed by atoms with E-state index in [1.807, 2.05) is 37.3 Å². The van der Waals surface area contributed by atoms with Gasteiger partial charge in [0.1, 0.15) is 11.5 Å². The molecule has 0 aromatic heterocycles. The Balaban J connectivity index is 1.75. The molecular formula is C18H23NO2. The van der Waals surface area contributed by atoms with E-state index < -0.39 is 0 Å². The van der Waals surface area contributed by atoms with Gasteiger partial charge >= 0.3 is 0 Å². The second-order valence-electron chi connectivity index (χ2n) is 5.27. The first kappa shape index (κ1) is 15.2. The lowest BCUT2D eigenvalue weighted by Crippen LogP contribution is -2.06. The SMILES string of the molecule is Cc1ccc(OCCCOc2cccc(C)c2C)cc1N. The van der Waals surface area contributed by atoms with Gasteiger partial charge in [-0.3, -0.25) is 0 Å². The van der Waals surface area contributed by atoms with Crippen molar-refractivity contribution in [2.24, 2.45) is 0 Å². The van der Waals surface area contributed by atoms with Crippen molar-refractivity contribution < 1.29 is 9.47 Å². The molecule has 0 unspecified atom stereocenters. The molecule has 2 aromatic rings. The standard InChI is InChI=1S/C18H23NO2/c1-13-6-4-7-18(15(13)3)21-11-5-10-20-16-9-8-14(2)17(19)12-16/h4,6-9,12H,5,10-11,19H2,1-3H3. The molecule has 0 spiro atoms. The van der Waals surface area contributed by atoms with E-state index in [2.05, 4.69) is 19.9 Å². The first-order valence-electron chi connectivity index (χ1n) is 7.26. The molecular weight excluding hydrogens is 262 g/mol. The fourth-order valence-electron chi connectivity index (χ4n) is 2.02. The Morgan fingerprint density at radius 2 is 1.67 bits per heavy atom. The molecule has 0 bridgehead atoms. The molecule has 112 valence electrons. The number of aryl methyl sites for hydroxylation is 2. The predicted octanol–water partition coefficient (Wildman–Crippen LogP) is 4.04. The molecule has 0 fully saturated rings. The number of nitrogens with two attached hydrogens (primary N) is 1. The molecule has 0 aliphatic heterocycles. The van der Waals surface area contributed by atoms with Crippen LogP contribution < -0.4 is 15.2 Å². The Kier molecular flexibility index (Phi) is 5.09. The second kappa shape index (κ2) is 7.02. The third-order valence-corrected chi connectivity index (χ3v) is 3.62. The van der Waals surface area contributed by atoms with E-state index in [0.29, 0.717) is 13.2 Å². The van der Waals surface area contributed by atoms with Gasteiger partial charge in [0.05, 0.1) is 13.2 Å². The van der Waals surface area contributed by atoms with Gasteiger partial charge in [-0.2, -0.15) is 0 Å². The van der Waals surface area contributed by atoms with Gasteiger partial charge in [-0.15, -0.1) is 0 Å². The quantitative estimate of drug-likeness (QED) is 0.643. The summed E-state index contributed by atoms with van der Waals surface area (Å²) in [6.45, 7) is 7.42. The van der Waals surface area contributed by atoms with E-state index in [-0.39, 0.29) is 0 Å². The lowest BCUT2D eigenvalue weighted by molar-refractivity contribution is 0.246. The van der Waals surface area contributed by atoms with Crippen LogP contribution in [0.4, 0.5) is 5.69 Å². The van der Waals surface area contributed by atoms with Crippen LogP contribution in [0.15, 0.2) is 36.4 Å². The van der Waals surface area contributed by atoms with Crippen LogP contribution >= 0.6 is 0 Å². The third-order valence-electron chi connectivity index (χ3n) is 3.62. The highest BCUT2D eigenvalue weighted by molar-refractivity contribution is 5.50. The third kappa shape index (κ3) is 4.15. The first-order chi connectivity index (χ1) is 10.1. The van der Waals surface area contributed by atoms with E-state index >= 15 is 0 Å². The van der Waals surface area contributed by atoms with Crippen LogP contribution in [0.2, 0.25) is 0 Å². The number of nitrogen functional groups attached to an aromatic ring is 1. The number of hydrogen-bond donors (Lipinski definition) is 1. The number of anilines is 1. The number of rotatable bonds is 6. The van der Waals surface area contributed by atoms with Gasteiger partial charge in [-0.05, 0) is 49.6 Å². The van der Waals surface area contributed by atoms with Crippen molar-refractivity contribution in [1.82, 2.24) is 0 Å². The zero-order chi connectivity index (χ0) is 15.2. The van der Waals surface area contributed by atoms with Crippen LogP contribution in [0, 0.1) is 20.8 Å². The summed E-state index contributed by atoms with van der Waals surface area (Å²) < 4.78 is 11.5. The van der Waals surface area contributed by atoms with E-state index in [4.69, 9.17) is 15.2 Å². The summed E-state index contributed by atoms with van der Waals surface area (Å²) in [6, 6.07) is 11.9. The van der Waals surface area contributed by atoms with Crippen molar-refractivity contribution in [3.8, 4) is 11.5 Å². The minimum absolute atomic E-state index is 0.618. The van der Waals surface area contributed by atoms with Gasteiger partial charge in [-0.25, -0.2) is 0 Å². The van der Waals surface area contributed by atoms with Crippen LogP contribution in [0.1, 0.15) is 23.1 Å². The fraction of sp³-hybridized carbons (Fsp3) is 0.333. The fourth-order valence-corrected chi connectivity index (χ4v) is 2.02. The van der Waals surface area contributed by atoms with Crippen molar-refractivity contribution in [1.29, 1.82) is 0 Å². The molecule has 0 heterocycles. The summed E-state index contributed by atoms with van der Waals surface area (Å²) in [6.07, 6.45) is 0.834. The molecule has 21 heavy (non-hydrogen) atoms. The Morgan fingerprint density at radius 3 is 2.43 bits per heavy atom. The summed E-state index contributed by atoms with van der Waals surface area (Å²) in [5.74, 6) is 1.76. The average Bonchev–Trinajstić information content (AvgIpc) is 2.46. The van der Waals surface area contributed by atoms with E-state index in [1.165, 1.54) is 11.1 Å². The largest absolute Gasteiger partial charge is 0.493 e. The molecule has 2 aromatic carbocycles. The summed E-state index contributed by atoms with van der Waals surface area (Å²) in [5.41, 5.74) is 10.1. The highest BCUT2D eigenvalue weighted by Gasteiger charge is 2.02. The Morgan fingerprint density at radius 1 is 0.905 bits per heavy atom. The van der Waals surface area contributed by atoms with Gasteiger partial charge in [0.15, 0.2) is 0 Å². The van der Waals surface area contributed by atoms with E-state index in [0.717, 1.165) is 29.2 Å². The zero-order valence-electron chi connectivity index (χ0n) is 13.0. The van der Waals surface area contributed by atoms with Crippen LogP contribution in [-0.2, 0) is 0 Å². The van der Waals surface area contributed by atoms with Crippen LogP contribution in [0.5, 0.6) is 11.5 Å². The lowest BCUT2D eigenvalue weighted by Gasteiger charge is -2.11. The topological polar surface area (TPSA) is 44.5 Å². The Hall–Kier alpha value is -2.16. The van der Waals surface area contributed by atoms with Crippen molar-refractivity contribution >= 4 is 5.69 Å². The Labute approximate surface area is 126 Å². The van der Waals surface area contributed by atoms with Gasteiger partial charge in [0, 0.05) is 18.2 Å². The minimum atomic E-state index is 0.618. The van der Waals surface area contributed by atoms with Crippen molar-refractivity contribution in [3.63, 3.8) is 0 Å². The molecule has 2 rings (SSSR count). The van der Waals surface area contributed by atoms with E-state index in [1.54, 1.807) is 0 Å². The summed E-state index contributed by atoms with van der Waals surface area (Å²) in [5, 5.41) is 0. The number of ether oxygens (including phenoxy) is 2. The number of benzene rings is 2. The monoisotopic (exact) mass is 285 g/mol. The van der Waals surface area contributed by atoms with Crippen molar-refractivity contribution in [2.75, 3.05) is 18.9 Å². The van der Waals surface area contributed by atoms with Crippen LogP contribution in [0.25, 0.3) is 0 Å². The summed E-state index contributed by atoms with van der Waals surface area (Å²) >= 11 is 0. The molecule has 3 nitrogen and oxygen atoms in total. The molecule has 0 radical (unpaired) electrons. The van der Waals surface area contributed by atoms with Crippen LogP contribution in [-0.4, -0.2) is 13.2 Å².